The van der Waals surface area contributed by atoms with Crippen molar-refractivity contribution in [1.29, 1.82) is 0 Å². The second-order valence-electron chi connectivity index (χ2n) is 11.5. The lowest BCUT2D eigenvalue weighted by Crippen LogP contribution is -2.50. The summed E-state index contributed by atoms with van der Waals surface area (Å²) in [6.07, 6.45) is 5.00. The molecule has 4 rings (SSSR count). The molecule has 3 unspecified atom stereocenters. The van der Waals surface area contributed by atoms with Crippen molar-refractivity contribution in [2.45, 2.75) is 91.5 Å². The molecule has 0 aromatic carbocycles. The molecule has 2 N–H and O–H groups in total. The molecule has 0 bridgehead atoms. The monoisotopic (exact) mass is 414 g/mol. The predicted molar refractivity (Wildman–Crippen MR) is 120 cm³/mol. The predicted octanol–water partition coefficient (Wildman–Crippen LogP) is 3.76. The van der Waals surface area contributed by atoms with Crippen LogP contribution in [0.15, 0.2) is 16.9 Å². The highest BCUT2D eigenvalue weighted by Gasteiger charge is 2.40. The maximum absolute atomic E-state index is 12.8. The van der Waals surface area contributed by atoms with Crippen molar-refractivity contribution in [3.8, 4) is 0 Å². The number of aliphatic hydroxyl groups excluding tert-OH is 1. The lowest BCUT2D eigenvalue weighted by atomic mass is 9.68. The van der Waals surface area contributed by atoms with E-state index in [9.17, 15) is 9.90 Å². The van der Waals surface area contributed by atoms with Gasteiger partial charge in [-0.25, -0.2) is 9.78 Å². The van der Waals surface area contributed by atoms with E-state index in [0.717, 1.165) is 49.0 Å². The number of fused-ring (bicyclic) bond motifs is 1. The topological polar surface area (TPSA) is 72.1 Å². The third-order valence-corrected chi connectivity index (χ3v) is 7.09. The van der Waals surface area contributed by atoms with E-state index in [1.165, 1.54) is 0 Å². The molecule has 0 aliphatic heterocycles. The largest absolute Gasteiger partial charge is 0.378 e. The van der Waals surface area contributed by atoms with Gasteiger partial charge in [-0.05, 0) is 61.0 Å². The molecule has 0 spiro atoms. The molecule has 2 aromatic heterocycles. The van der Waals surface area contributed by atoms with Crippen LogP contribution in [-0.4, -0.2) is 31.5 Å². The van der Waals surface area contributed by atoms with Crippen molar-refractivity contribution in [1.82, 2.24) is 19.4 Å². The number of nitrogens with zero attached hydrogens (tertiary/aromatic N) is 3. The van der Waals surface area contributed by atoms with Crippen molar-refractivity contribution in [2.24, 2.45) is 23.8 Å². The van der Waals surface area contributed by atoms with E-state index in [1.54, 1.807) is 4.57 Å². The van der Waals surface area contributed by atoms with Crippen LogP contribution in [0.3, 0.4) is 0 Å². The Kier molecular flexibility index (Phi) is 5.38. The van der Waals surface area contributed by atoms with Crippen LogP contribution in [0.4, 0.5) is 0 Å². The minimum atomic E-state index is -0.393. The fourth-order valence-electron chi connectivity index (χ4n) is 4.90. The molecule has 2 aromatic rings. The summed E-state index contributed by atoms with van der Waals surface area (Å²) < 4.78 is 3.54. The van der Waals surface area contributed by atoms with Gasteiger partial charge < -0.3 is 5.11 Å². The first-order chi connectivity index (χ1) is 14.0. The summed E-state index contributed by atoms with van der Waals surface area (Å²) in [6, 6.07) is 4.45. The zero-order chi connectivity index (χ0) is 21.8. The molecule has 0 saturated heterocycles. The number of pyridine rings is 1. The Balaban J connectivity index is 1.61. The maximum atomic E-state index is 12.8. The summed E-state index contributed by atoms with van der Waals surface area (Å²) in [6.45, 7) is 11.7. The number of aryl methyl sites for hydroxylation is 1. The van der Waals surface area contributed by atoms with Crippen molar-refractivity contribution in [3.63, 3.8) is 0 Å². The summed E-state index contributed by atoms with van der Waals surface area (Å²) >= 11 is 0. The number of hydrogen-bond donors (Lipinski definition) is 2. The number of imidazole rings is 1. The first kappa shape index (κ1) is 21.6. The molecule has 166 valence electrons. The van der Waals surface area contributed by atoms with Gasteiger partial charge in [0.1, 0.15) is 6.23 Å². The van der Waals surface area contributed by atoms with Crippen molar-refractivity contribution in [3.05, 3.63) is 28.3 Å². The van der Waals surface area contributed by atoms with Crippen molar-refractivity contribution in [2.75, 3.05) is 0 Å². The Morgan fingerprint density at radius 1 is 1.27 bits per heavy atom. The van der Waals surface area contributed by atoms with E-state index in [2.05, 4.69) is 52.1 Å². The van der Waals surface area contributed by atoms with Gasteiger partial charge in [0.2, 0.25) is 0 Å². The fourth-order valence-corrected chi connectivity index (χ4v) is 4.90. The van der Waals surface area contributed by atoms with Gasteiger partial charge in [0, 0.05) is 31.2 Å². The Hall–Kier alpha value is -1.66. The average Bonchev–Trinajstić information content (AvgIpc) is 3.48. The highest BCUT2D eigenvalue weighted by Crippen LogP contribution is 2.43. The molecular weight excluding hydrogens is 376 g/mol. The second kappa shape index (κ2) is 7.49. The van der Waals surface area contributed by atoms with Crippen LogP contribution in [0.1, 0.15) is 78.3 Å². The van der Waals surface area contributed by atoms with Crippen LogP contribution in [-0.2, 0) is 13.6 Å². The molecule has 30 heavy (non-hydrogen) atoms. The van der Waals surface area contributed by atoms with Crippen LogP contribution in [0.25, 0.3) is 11.2 Å². The Morgan fingerprint density at radius 3 is 2.60 bits per heavy atom. The lowest BCUT2D eigenvalue weighted by molar-refractivity contribution is 0.0495. The van der Waals surface area contributed by atoms with E-state index in [0.29, 0.717) is 18.4 Å². The van der Waals surface area contributed by atoms with Crippen molar-refractivity contribution >= 4 is 11.2 Å². The Bertz CT molecular complexity index is 977. The number of hydrogen-bond acceptors (Lipinski definition) is 4. The molecule has 0 amide bonds. The van der Waals surface area contributed by atoms with Gasteiger partial charge in [0.05, 0.1) is 5.52 Å². The lowest BCUT2D eigenvalue weighted by Gasteiger charge is -2.43. The minimum absolute atomic E-state index is 0.00134. The molecule has 2 aliphatic carbocycles. The maximum Gasteiger partial charge on any atom is 0.330 e. The average molecular weight is 415 g/mol. The molecule has 2 fully saturated rings. The highest BCUT2D eigenvalue weighted by molar-refractivity contribution is 5.72. The Morgan fingerprint density at radius 2 is 1.97 bits per heavy atom. The summed E-state index contributed by atoms with van der Waals surface area (Å²) in [5.41, 5.74) is 2.92. The quantitative estimate of drug-likeness (QED) is 0.731. The Labute approximate surface area is 179 Å². The van der Waals surface area contributed by atoms with Gasteiger partial charge in [0.15, 0.2) is 5.65 Å². The zero-order valence-electron chi connectivity index (χ0n) is 19.4. The first-order valence-electron chi connectivity index (χ1n) is 11.5. The fraction of sp³-hybridized carbons (Fsp3) is 0.750. The van der Waals surface area contributed by atoms with Crippen LogP contribution in [0, 0.1) is 16.7 Å². The zero-order valence-corrected chi connectivity index (χ0v) is 19.4. The van der Waals surface area contributed by atoms with E-state index in [-0.39, 0.29) is 22.6 Å². The number of nitrogens with one attached hydrogen (secondary N) is 1. The first-order valence-corrected chi connectivity index (χ1v) is 11.5. The molecule has 6 nitrogen and oxygen atoms in total. The van der Waals surface area contributed by atoms with Gasteiger partial charge in [-0.1, -0.05) is 34.6 Å². The third kappa shape index (κ3) is 4.22. The second-order valence-corrected chi connectivity index (χ2v) is 11.5. The third-order valence-electron chi connectivity index (χ3n) is 7.09. The van der Waals surface area contributed by atoms with E-state index >= 15 is 0 Å². The SMILES string of the molecule is Cn1c(=O)n(CC(C)(C)C)c2ccc(C3CCC(C)(C)C(NC(O)C4CC4)C3)nc21. The van der Waals surface area contributed by atoms with Gasteiger partial charge in [-0.15, -0.1) is 0 Å². The molecule has 6 heteroatoms. The highest BCUT2D eigenvalue weighted by atomic mass is 16.3. The van der Waals surface area contributed by atoms with Gasteiger partial charge in [-0.3, -0.25) is 14.5 Å². The van der Waals surface area contributed by atoms with Gasteiger partial charge in [-0.2, -0.15) is 0 Å². The van der Waals surface area contributed by atoms with Gasteiger partial charge in [0.25, 0.3) is 0 Å². The summed E-state index contributed by atoms with van der Waals surface area (Å²) in [5.74, 6) is 0.764. The number of aliphatic hydroxyl groups is 1. The van der Waals surface area contributed by atoms with Crippen LogP contribution in [0.2, 0.25) is 0 Å². The minimum Gasteiger partial charge on any atom is -0.378 e. The molecule has 2 heterocycles. The number of aromatic nitrogens is 3. The standard InChI is InChI=1S/C24H38N4O2/c1-23(2,3)14-28-18-10-9-17(25-20(18)27(6)22(28)30)16-11-12-24(4,5)19(13-16)26-21(29)15-7-8-15/h9-10,15-16,19,21,26,29H,7-8,11-14H2,1-6H3. The summed E-state index contributed by atoms with van der Waals surface area (Å²) in [4.78, 5) is 17.8. The molecule has 3 atom stereocenters. The van der Waals surface area contributed by atoms with E-state index in [4.69, 9.17) is 4.98 Å². The number of rotatable bonds is 5. The molecular formula is C24H38N4O2. The van der Waals surface area contributed by atoms with Gasteiger partial charge >= 0.3 is 5.69 Å². The molecule has 2 saturated carbocycles. The van der Waals surface area contributed by atoms with Crippen LogP contribution >= 0.6 is 0 Å². The normalized spacial score (nSPS) is 25.6. The smallest absolute Gasteiger partial charge is 0.330 e. The van der Waals surface area contributed by atoms with E-state index in [1.807, 2.05) is 11.6 Å². The van der Waals surface area contributed by atoms with E-state index < -0.39 is 6.23 Å². The molecule has 2 aliphatic rings. The van der Waals surface area contributed by atoms with Crippen LogP contribution < -0.4 is 11.0 Å². The van der Waals surface area contributed by atoms with Crippen LogP contribution in [0.5, 0.6) is 0 Å². The molecule has 0 radical (unpaired) electrons. The summed E-state index contributed by atoms with van der Waals surface area (Å²) in [5, 5.41) is 14.0. The summed E-state index contributed by atoms with van der Waals surface area (Å²) in [7, 11) is 1.82. The van der Waals surface area contributed by atoms with Crippen molar-refractivity contribution < 1.29 is 5.11 Å².